The summed E-state index contributed by atoms with van der Waals surface area (Å²) in [6.07, 6.45) is 2.00. The zero-order valence-electron chi connectivity index (χ0n) is 12.5. The van der Waals surface area contributed by atoms with Crippen molar-refractivity contribution in [2.75, 3.05) is 23.7 Å². The van der Waals surface area contributed by atoms with Crippen LogP contribution in [0.25, 0.3) is 0 Å². The maximum atomic E-state index is 10.9. The minimum Gasteiger partial charge on any atom is -0.381 e. The lowest BCUT2D eigenvalue weighted by Gasteiger charge is -2.16. The highest BCUT2D eigenvalue weighted by Crippen LogP contribution is 2.39. The fourth-order valence-electron chi connectivity index (χ4n) is 1.94. The van der Waals surface area contributed by atoms with E-state index in [4.69, 9.17) is 5.73 Å². The van der Waals surface area contributed by atoms with Crippen LogP contribution in [0.5, 0.6) is 0 Å². The summed E-state index contributed by atoms with van der Waals surface area (Å²) >= 11 is 0. The first-order valence-corrected chi connectivity index (χ1v) is 7.36. The van der Waals surface area contributed by atoms with E-state index in [1.54, 1.807) is 0 Å². The molecule has 116 valence electrons. The number of rotatable bonds is 8. The Morgan fingerprint density at radius 1 is 1.38 bits per heavy atom. The third kappa shape index (κ3) is 4.04. The van der Waals surface area contributed by atoms with E-state index in [9.17, 15) is 9.90 Å². The fraction of sp³-hybridized carbons (Fsp3) is 0.643. The van der Waals surface area contributed by atoms with Gasteiger partial charge >= 0.3 is 0 Å². The summed E-state index contributed by atoms with van der Waals surface area (Å²) in [5, 5.41) is 15.8. The number of carbonyl (C=O) groups is 1. The second kappa shape index (κ2) is 6.71. The molecule has 7 heteroatoms. The number of primary amides is 1. The Hall–Kier alpha value is -1.89. The van der Waals surface area contributed by atoms with Gasteiger partial charge in [0, 0.05) is 18.0 Å². The third-order valence-corrected chi connectivity index (χ3v) is 3.44. The third-order valence-electron chi connectivity index (χ3n) is 3.44. The van der Waals surface area contributed by atoms with Gasteiger partial charge in [-0.2, -0.15) is 0 Å². The van der Waals surface area contributed by atoms with E-state index in [2.05, 4.69) is 27.5 Å². The molecule has 0 saturated heterocycles. The first kappa shape index (κ1) is 15.5. The van der Waals surface area contributed by atoms with Gasteiger partial charge in [0.25, 0.3) is 0 Å². The van der Waals surface area contributed by atoms with Crippen molar-refractivity contribution in [1.82, 2.24) is 9.97 Å². The van der Waals surface area contributed by atoms with Crippen LogP contribution in [0.15, 0.2) is 0 Å². The number of anilines is 2. The van der Waals surface area contributed by atoms with Crippen LogP contribution in [-0.2, 0) is 4.79 Å². The van der Waals surface area contributed by atoms with Crippen LogP contribution in [-0.4, -0.2) is 40.2 Å². The van der Waals surface area contributed by atoms with Gasteiger partial charge in [-0.3, -0.25) is 4.79 Å². The molecule has 1 aliphatic carbocycles. The molecular weight excluding hydrogens is 270 g/mol. The van der Waals surface area contributed by atoms with E-state index in [1.165, 1.54) is 0 Å². The normalized spacial score (nSPS) is 15.6. The number of aliphatic hydroxyl groups is 1. The predicted octanol–water partition coefficient (Wildman–Crippen LogP) is 0.742. The molecule has 2 rings (SSSR count). The number of hydrogen-bond donors (Lipinski definition) is 4. The molecule has 0 radical (unpaired) electrons. The first-order valence-electron chi connectivity index (χ1n) is 7.36. The summed E-state index contributed by atoms with van der Waals surface area (Å²) in [7, 11) is 0. The van der Waals surface area contributed by atoms with Crippen LogP contribution >= 0.6 is 0 Å². The molecule has 1 aromatic heterocycles. The largest absolute Gasteiger partial charge is 0.381 e. The lowest BCUT2D eigenvalue weighted by Crippen LogP contribution is -2.34. The summed E-state index contributed by atoms with van der Waals surface area (Å²) < 4.78 is 0. The van der Waals surface area contributed by atoms with Crippen LogP contribution in [0.4, 0.5) is 11.6 Å². The van der Waals surface area contributed by atoms with Gasteiger partial charge in [0.2, 0.25) is 5.91 Å². The van der Waals surface area contributed by atoms with Crippen LogP contribution in [0.2, 0.25) is 0 Å². The number of aliphatic hydroxyl groups excluding tert-OH is 1. The van der Waals surface area contributed by atoms with E-state index < -0.39 is 12.0 Å². The molecule has 0 bridgehead atoms. The van der Waals surface area contributed by atoms with Crippen LogP contribution in [0.1, 0.15) is 43.5 Å². The molecule has 1 amide bonds. The Labute approximate surface area is 124 Å². The number of nitrogens with two attached hydrogens (primary N) is 1. The smallest absolute Gasteiger partial charge is 0.248 e. The zero-order chi connectivity index (χ0) is 15.4. The summed E-state index contributed by atoms with van der Waals surface area (Å²) in [4.78, 5) is 20.0. The van der Waals surface area contributed by atoms with E-state index in [0.29, 0.717) is 11.7 Å². The molecule has 5 N–H and O–H groups in total. The number of aromatic nitrogens is 2. The minimum absolute atomic E-state index is 0.0461. The van der Waals surface area contributed by atoms with E-state index in [0.717, 1.165) is 43.0 Å². The molecule has 0 aliphatic heterocycles. The van der Waals surface area contributed by atoms with Crippen LogP contribution < -0.4 is 16.4 Å². The topological polar surface area (TPSA) is 113 Å². The van der Waals surface area contributed by atoms with Crippen molar-refractivity contribution >= 4 is 17.5 Å². The maximum Gasteiger partial charge on any atom is 0.248 e. The number of nitrogens with zero attached hydrogens (tertiary/aromatic N) is 2. The van der Waals surface area contributed by atoms with Gasteiger partial charge in [-0.15, -0.1) is 0 Å². The predicted molar refractivity (Wildman–Crippen MR) is 81.2 cm³/mol. The van der Waals surface area contributed by atoms with Crippen molar-refractivity contribution in [1.29, 1.82) is 0 Å². The van der Waals surface area contributed by atoms with Crippen molar-refractivity contribution < 1.29 is 9.90 Å². The van der Waals surface area contributed by atoms with Crippen LogP contribution in [0.3, 0.4) is 0 Å². The number of nitrogens with one attached hydrogen (secondary N) is 2. The standard InChI is InChI=1S/C14H23N5O2/c1-3-6-16-12-8(2)13(17-7-10(20)11(15)21)19-14(18-12)9-4-5-9/h9-10,20H,3-7H2,1-2H3,(H2,15,21)(H2,16,17,18,19). The van der Waals surface area contributed by atoms with Gasteiger partial charge in [-0.25, -0.2) is 9.97 Å². The summed E-state index contributed by atoms with van der Waals surface area (Å²) in [6.45, 7) is 4.89. The fourth-order valence-corrected chi connectivity index (χ4v) is 1.94. The quantitative estimate of drug-likeness (QED) is 0.562. The highest BCUT2D eigenvalue weighted by Gasteiger charge is 2.28. The monoisotopic (exact) mass is 293 g/mol. The lowest BCUT2D eigenvalue weighted by molar-refractivity contribution is -0.125. The Bertz CT molecular complexity index is 516. The number of carbonyl (C=O) groups excluding carboxylic acids is 1. The second-order valence-corrected chi connectivity index (χ2v) is 5.40. The summed E-state index contributed by atoms with van der Waals surface area (Å²) in [5.41, 5.74) is 5.93. The van der Waals surface area contributed by atoms with Gasteiger partial charge in [-0.05, 0) is 26.2 Å². The highest BCUT2D eigenvalue weighted by molar-refractivity contribution is 5.79. The molecule has 1 unspecified atom stereocenters. The molecule has 0 spiro atoms. The number of hydrogen-bond acceptors (Lipinski definition) is 6. The van der Waals surface area contributed by atoms with Gasteiger partial charge in [-0.1, -0.05) is 6.92 Å². The second-order valence-electron chi connectivity index (χ2n) is 5.40. The van der Waals surface area contributed by atoms with Gasteiger partial charge in [0.15, 0.2) is 0 Å². The summed E-state index contributed by atoms with van der Waals surface area (Å²) in [6, 6.07) is 0. The molecule has 1 atom stereocenters. The molecule has 1 heterocycles. The van der Waals surface area contributed by atoms with Crippen molar-refractivity contribution in [3.8, 4) is 0 Å². The molecule has 1 aliphatic rings. The van der Waals surface area contributed by atoms with Gasteiger partial charge in [0.05, 0.1) is 6.54 Å². The van der Waals surface area contributed by atoms with Crippen molar-refractivity contribution in [3.05, 3.63) is 11.4 Å². The average molecular weight is 293 g/mol. The Morgan fingerprint density at radius 3 is 2.52 bits per heavy atom. The first-order chi connectivity index (χ1) is 10.0. The Kier molecular flexibility index (Phi) is 4.95. The average Bonchev–Trinajstić information content (AvgIpc) is 3.29. The SMILES string of the molecule is CCCNc1nc(C2CC2)nc(NCC(O)C(N)=O)c1C. The molecule has 1 saturated carbocycles. The van der Waals surface area contributed by atoms with Crippen molar-refractivity contribution in [3.63, 3.8) is 0 Å². The molecule has 0 aromatic carbocycles. The van der Waals surface area contributed by atoms with Crippen molar-refractivity contribution in [2.45, 2.75) is 45.1 Å². The molecular formula is C14H23N5O2. The minimum atomic E-state index is -1.23. The molecule has 1 fully saturated rings. The zero-order valence-corrected chi connectivity index (χ0v) is 12.5. The lowest BCUT2D eigenvalue weighted by atomic mass is 10.2. The van der Waals surface area contributed by atoms with Gasteiger partial charge in [0.1, 0.15) is 23.6 Å². The van der Waals surface area contributed by atoms with Crippen LogP contribution in [0, 0.1) is 6.92 Å². The van der Waals surface area contributed by atoms with Crippen molar-refractivity contribution in [2.24, 2.45) is 5.73 Å². The summed E-state index contributed by atoms with van der Waals surface area (Å²) in [5.74, 6) is 1.95. The van der Waals surface area contributed by atoms with E-state index in [-0.39, 0.29) is 6.54 Å². The Balaban J connectivity index is 2.17. The number of amides is 1. The maximum absolute atomic E-state index is 10.9. The molecule has 1 aromatic rings. The Morgan fingerprint density at radius 2 is 2.00 bits per heavy atom. The molecule has 21 heavy (non-hydrogen) atoms. The van der Waals surface area contributed by atoms with Gasteiger partial charge < -0.3 is 21.5 Å². The van der Waals surface area contributed by atoms with E-state index >= 15 is 0 Å². The highest BCUT2D eigenvalue weighted by atomic mass is 16.3. The van der Waals surface area contributed by atoms with E-state index in [1.807, 2.05) is 6.92 Å². The molecule has 7 nitrogen and oxygen atoms in total.